The highest BCUT2D eigenvalue weighted by atomic mass is 16.5. The normalized spacial score (nSPS) is 14.0. The quantitative estimate of drug-likeness (QED) is 0.657. The number of anilines is 2. The van der Waals surface area contributed by atoms with Gasteiger partial charge in [0.15, 0.2) is 0 Å². The van der Waals surface area contributed by atoms with E-state index >= 15 is 0 Å². The maximum absolute atomic E-state index is 5.64. The summed E-state index contributed by atoms with van der Waals surface area (Å²) in [4.78, 5) is 14.8. The molecule has 0 aromatic carbocycles. The van der Waals surface area contributed by atoms with Crippen molar-refractivity contribution in [1.29, 1.82) is 0 Å². The van der Waals surface area contributed by atoms with Crippen molar-refractivity contribution in [2.24, 2.45) is 5.92 Å². The first-order valence-electron chi connectivity index (χ1n) is 7.55. The van der Waals surface area contributed by atoms with Crippen LogP contribution in [0.15, 0.2) is 0 Å². The van der Waals surface area contributed by atoms with Crippen LogP contribution < -0.4 is 15.0 Å². The van der Waals surface area contributed by atoms with Crippen LogP contribution in [0.3, 0.4) is 0 Å². The van der Waals surface area contributed by atoms with E-state index in [0.29, 0.717) is 24.5 Å². The molecular weight excluding hydrogens is 270 g/mol. The summed E-state index contributed by atoms with van der Waals surface area (Å²) in [7, 11) is 3.50. The highest BCUT2D eigenvalue weighted by molar-refractivity contribution is 5.37. The molecule has 1 saturated carbocycles. The number of nitrogens with zero attached hydrogens (tertiary/aromatic N) is 4. The minimum atomic E-state index is 0.323. The van der Waals surface area contributed by atoms with Crippen LogP contribution in [-0.4, -0.2) is 55.4 Å². The highest BCUT2D eigenvalue weighted by Crippen LogP contribution is 2.28. The van der Waals surface area contributed by atoms with Gasteiger partial charge in [-0.3, -0.25) is 0 Å². The van der Waals surface area contributed by atoms with Crippen molar-refractivity contribution < 1.29 is 9.47 Å². The largest absolute Gasteiger partial charge is 0.467 e. The van der Waals surface area contributed by atoms with E-state index in [1.807, 2.05) is 11.9 Å². The van der Waals surface area contributed by atoms with Crippen molar-refractivity contribution in [3.63, 3.8) is 0 Å². The predicted octanol–water partition coefficient (Wildman–Crippen LogP) is 1.56. The maximum Gasteiger partial charge on any atom is 0.322 e. The minimum Gasteiger partial charge on any atom is -0.467 e. The number of methoxy groups -OCH3 is 1. The average Bonchev–Trinajstić information content (AvgIpc) is 3.33. The van der Waals surface area contributed by atoms with Crippen molar-refractivity contribution >= 4 is 11.9 Å². The molecule has 0 radical (unpaired) electrons. The number of rotatable bonds is 10. The molecule has 21 heavy (non-hydrogen) atoms. The number of hydrogen-bond acceptors (Lipinski definition) is 7. The topological polar surface area (TPSA) is 72.4 Å². The molecule has 1 aromatic rings. The minimum absolute atomic E-state index is 0.323. The van der Waals surface area contributed by atoms with Gasteiger partial charge in [-0.25, -0.2) is 0 Å². The lowest BCUT2D eigenvalue weighted by Crippen LogP contribution is -2.25. The molecule has 1 aliphatic carbocycles. The zero-order valence-corrected chi connectivity index (χ0v) is 13.1. The van der Waals surface area contributed by atoms with E-state index in [4.69, 9.17) is 9.47 Å². The second-order valence-electron chi connectivity index (χ2n) is 5.31. The maximum atomic E-state index is 5.64. The first-order valence-corrected chi connectivity index (χ1v) is 7.55. The molecular formula is C14H25N5O2. The third kappa shape index (κ3) is 5.34. The van der Waals surface area contributed by atoms with E-state index in [2.05, 4.69) is 27.2 Å². The number of aromatic nitrogens is 3. The third-order valence-electron chi connectivity index (χ3n) is 3.28. The van der Waals surface area contributed by atoms with Crippen LogP contribution >= 0.6 is 0 Å². The lowest BCUT2D eigenvalue weighted by molar-refractivity contribution is 0.130. The van der Waals surface area contributed by atoms with Gasteiger partial charge in [0.2, 0.25) is 11.9 Å². The molecule has 0 unspecified atom stereocenters. The molecule has 1 heterocycles. The van der Waals surface area contributed by atoms with Crippen LogP contribution in [0.1, 0.15) is 26.2 Å². The van der Waals surface area contributed by atoms with Crippen LogP contribution in [0.2, 0.25) is 0 Å². The van der Waals surface area contributed by atoms with Gasteiger partial charge in [-0.15, -0.1) is 0 Å². The molecule has 0 spiro atoms. The Bertz CT molecular complexity index is 439. The fourth-order valence-corrected chi connectivity index (χ4v) is 1.76. The zero-order valence-electron chi connectivity index (χ0n) is 13.1. The Balaban J connectivity index is 1.88. The fraction of sp³-hybridized carbons (Fsp3) is 0.786. The molecule has 0 saturated heterocycles. The molecule has 2 rings (SSSR count). The Labute approximate surface area is 126 Å². The van der Waals surface area contributed by atoms with E-state index < -0.39 is 0 Å². The predicted molar refractivity (Wildman–Crippen MR) is 82.0 cm³/mol. The molecule has 1 aliphatic rings. The molecule has 7 nitrogen and oxygen atoms in total. The van der Waals surface area contributed by atoms with Crippen LogP contribution in [0.25, 0.3) is 0 Å². The van der Waals surface area contributed by atoms with E-state index in [1.54, 1.807) is 7.11 Å². The zero-order chi connectivity index (χ0) is 15.1. The van der Waals surface area contributed by atoms with Crippen LogP contribution in [-0.2, 0) is 4.74 Å². The number of likely N-dealkylation sites (N-methyl/N-ethyl adjacent to an activating group) is 1. The monoisotopic (exact) mass is 295 g/mol. The van der Waals surface area contributed by atoms with Gasteiger partial charge in [0.1, 0.15) is 0 Å². The molecule has 0 atom stereocenters. The molecule has 7 heteroatoms. The van der Waals surface area contributed by atoms with E-state index in [0.717, 1.165) is 32.0 Å². The summed E-state index contributed by atoms with van der Waals surface area (Å²) in [6.45, 7) is 5.21. The fourth-order valence-electron chi connectivity index (χ4n) is 1.76. The lowest BCUT2D eigenvalue weighted by atomic mass is 10.5. The first-order chi connectivity index (χ1) is 10.2. The summed E-state index contributed by atoms with van der Waals surface area (Å²) < 4.78 is 10.8. The van der Waals surface area contributed by atoms with Crippen LogP contribution in [0.4, 0.5) is 11.9 Å². The van der Waals surface area contributed by atoms with Gasteiger partial charge < -0.3 is 19.7 Å². The summed E-state index contributed by atoms with van der Waals surface area (Å²) in [5, 5.41) is 3.15. The molecule has 1 aromatic heterocycles. The summed E-state index contributed by atoms with van der Waals surface area (Å²) >= 11 is 0. The van der Waals surface area contributed by atoms with Gasteiger partial charge >= 0.3 is 6.01 Å². The Morgan fingerprint density at radius 2 is 2.10 bits per heavy atom. The average molecular weight is 295 g/mol. The summed E-state index contributed by atoms with van der Waals surface area (Å²) in [5.74, 6) is 1.93. The second-order valence-corrected chi connectivity index (χ2v) is 5.31. The summed E-state index contributed by atoms with van der Waals surface area (Å²) in [6.07, 6.45) is 3.63. The van der Waals surface area contributed by atoms with Crippen molar-refractivity contribution in [2.75, 3.05) is 50.7 Å². The van der Waals surface area contributed by atoms with Gasteiger partial charge in [0, 0.05) is 26.7 Å². The smallest absolute Gasteiger partial charge is 0.322 e. The standard InChI is InChI=1S/C14H25N5O2/c1-4-7-15-12-16-13(18-14(17-12)20-3)19(2)8-9-21-10-11-5-6-11/h11H,4-10H2,1-3H3,(H,15,16,17,18). The molecule has 0 bridgehead atoms. The highest BCUT2D eigenvalue weighted by Gasteiger charge is 2.21. The Morgan fingerprint density at radius 3 is 2.76 bits per heavy atom. The molecule has 1 fully saturated rings. The lowest BCUT2D eigenvalue weighted by Gasteiger charge is -2.18. The van der Waals surface area contributed by atoms with Crippen molar-refractivity contribution in [3.8, 4) is 6.01 Å². The van der Waals surface area contributed by atoms with Crippen molar-refractivity contribution in [3.05, 3.63) is 0 Å². The molecule has 0 amide bonds. The second kappa shape index (κ2) is 7.97. The number of hydrogen-bond donors (Lipinski definition) is 1. The number of ether oxygens (including phenoxy) is 2. The molecule has 0 aliphatic heterocycles. The van der Waals surface area contributed by atoms with Gasteiger partial charge in [0.25, 0.3) is 0 Å². The summed E-state index contributed by atoms with van der Waals surface area (Å²) in [5.41, 5.74) is 0. The van der Waals surface area contributed by atoms with Gasteiger partial charge in [-0.2, -0.15) is 15.0 Å². The number of nitrogens with one attached hydrogen (secondary N) is 1. The summed E-state index contributed by atoms with van der Waals surface area (Å²) in [6, 6.07) is 0.323. The van der Waals surface area contributed by atoms with Gasteiger partial charge in [0.05, 0.1) is 13.7 Å². The van der Waals surface area contributed by atoms with Crippen LogP contribution in [0.5, 0.6) is 6.01 Å². The molecule has 1 N–H and O–H groups in total. The van der Waals surface area contributed by atoms with Crippen molar-refractivity contribution in [1.82, 2.24) is 15.0 Å². The van der Waals surface area contributed by atoms with E-state index in [-0.39, 0.29) is 0 Å². The van der Waals surface area contributed by atoms with Gasteiger partial charge in [-0.1, -0.05) is 6.92 Å². The Morgan fingerprint density at radius 1 is 1.29 bits per heavy atom. The van der Waals surface area contributed by atoms with Crippen LogP contribution in [0, 0.1) is 5.92 Å². The van der Waals surface area contributed by atoms with E-state index in [9.17, 15) is 0 Å². The third-order valence-corrected chi connectivity index (χ3v) is 3.28. The SMILES string of the molecule is CCCNc1nc(OC)nc(N(C)CCOCC2CC2)n1. The molecule has 118 valence electrons. The Kier molecular flexibility index (Phi) is 5.98. The Hall–Kier alpha value is -1.63. The van der Waals surface area contributed by atoms with Crippen molar-refractivity contribution in [2.45, 2.75) is 26.2 Å². The van der Waals surface area contributed by atoms with E-state index in [1.165, 1.54) is 12.8 Å². The first kappa shape index (κ1) is 15.8. The van der Waals surface area contributed by atoms with Gasteiger partial charge in [-0.05, 0) is 25.2 Å².